The molecule has 0 atom stereocenters. The molecule has 23 heavy (non-hydrogen) atoms. The largest absolute Gasteiger partial charge is 0.397 e. The number of aromatic nitrogens is 1. The van der Waals surface area contributed by atoms with E-state index < -0.39 is 0 Å². The van der Waals surface area contributed by atoms with Crippen LogP contribution in [0.3, 0.4) is 0 Å². The number of amides is 1. The zero-order chi connectivity index (χ0) is 16.6. The van der Waals surface area contributed by atoms with Gasteiger partial charge in [0.05, 0.1) is 5.69 Å². The van der Waals surface area contributed by atoms with Crippen LogP contribution in [-0.2, 0) is 0 Å². The monoisotopic (exact) mass is 345 g/mol. The van der Waals surface area contributed by atoms with E-state index in [4.69, 9.17) is 17.3 Å². The number of rotatable bonds is 3. The summed E-state index contributed by atoms with van der Waals surface area (Å²) < 4.78 is 0. The molecule has 0 saturated heterocycles. The maximum Gasteiger partial charge on any atom is 0.267 e. The molecule has 0 aliphatic rings. The number of thiophene rings is 1. The van der Waals surface area contributed by atoms with Crippen molar-refractivity contribution in [2.75, 3.05) is 11.1 Å². The Kier molecular flexibility index (Phi) is 4.24. The molecule has 0 unspecified atom stereocenters. The number of hydrogen-bond donors (Lipinski definition) is 2. The summed E-state index contributed by atoms with van der Waals surface area (Å²) in [5, 5.41) is 4.20. The number of benzene rings is 1. The van der Waals surface area contributed by atoms with Crippen molar-refractivity contribution in [3.05, 3.63) is 52.0 Å². The smallest absolute Gasteiger partial charge is 0.267 e. The molecule has 4 nitrogen and oxygen atoms in total. The molecule has 0 saturated carbocycles. The van der Waals surface area contributed by atoms with E-state index in [2.05, 4.69) is 24.1 Å². The third-order valence-electron chi connectivity index (χ3n) is 3.50. The fourth-order valence-corrected chi connectivity index (χ4v) is 3.44. The van der Waals surface area contributed by atoms with Crippen molar-refractivity contribution in [3.8, 4) is 0 Å². The Morgan fingerprint density at radius 3 is 2.78 bits per heavy atom. The van der Waals surface area contributed by atoms with Crippen molar-refractivity contribution in [3.63, 3.8) is 0 Å². The fraction of sp³-hybridized carbons (Fsp3) is 0.176. The van der Waals surface area contributed by atoms with Crippen LogP contribution in [0, 0.1) is 0 Å². The van der Waals surface area contributed by atoms with Crippen LogP contribution in [0.2, 0.25) is 5.02 Å². The highest BCUT2D eigenvalue weighted by Gasteiger charge is 2.18. The molecule has 1 amide bonds. The molecular formula is C17H16ClN3OS. The standard InChI is InChI=1S/C17H16ClN3OS/c1-9(2)13-7-6-12-14(19)15(23-17(12)21-13)16(22)20-11-5-3-4-10(18)8-11/h3-9H,19H2,1-2H3,(H,20,22). The average Bonchev–Trinajstić information content (AvgIpc) is 2.84. The van der Waals surface area contributed by atoms with E-state index in [-0.39, 0.29) is 5.91 Å². The number of hydrogen-bond acceptors (Lipinski definition) is 4. The molecule has 1 aromatic carbocycles. The van der Waals surface area contributed by atoms with Gasteiger partial charge in [-0.05, 0) is 36.2 Å². The lowest BCUT2D eigenvalue weighted by molar-refractivity contribution is 0.103. The second-order valence-electron chi connectivity index (χ2n) is 5.55. The van der Waals surface area contributed by atoms with Crippen molar-refractivity contribution in [1.29, 1.82) is 0 Å². The maximum absolute atomic E-state index is 12.5. The lowest BCUT2D eigenvalue weighted by Gasteiger charge is -2.04. The van der Waals surface area contributed by atoms with E-state index in [1.165, 1.54) is 11.3 Å². The van der Waals surface area contributed by atoms with Gasteiger partial charge in [-0.1, -0.05) is 31.5 Å². The minimum atomic E-state index is -0.251. The van der Waals surface area contributed by atoms with Crippen LogP contribution in [0.1, 0.15) is 35.1 Å². The minimum absolute atomic E-state index is 0.251. The number of nitrogens with one attached hydrogen (secondary N) is 1. The SMILES string of the molecule is CC(C)c1ccc2c(N)c(C(=O)Nc3cccc(Cl)c3)sc2n1. The lowest BCUT2D eigenvalue weighted by Crippen LogP contribution is -2.11. The van der Waals surface area contributed by atoms with Crippen LogP contribution < -0.4 is 11.1 Å². The number of pyridine rings is 1. The van der Waals surface area contributed by atoms with Gasteiger partial charge in [0.15, 0.2) is 0 Å². The molecule has 3 aromatic rings. The number of carbonyl (C=O) groups is 1. The average molecular weight is 346 g/mol. The molecule has 6 heteroatoms. The zero-order valence-electron chi connectivity index (χ0n) is 12.8. The highest BCUT2D eigenvalue weighted by Crippen LogP contribution is 2.34. The van der Waals surface area contributed by atoms with Gasteiger partial charge in [0, 0.05) is 21.8 Å². The second-order valence-corrected chi connectivity index (χ2v) is 6.99. The molecule has 2 heterocycles. The fourth-order valence-electron chi connectivity index (χ4n) is 2.26. The first kappa shape index (κ1) is 15.8. The Bertz CT molecular complexity index is 889. The van der Waals surface area contributed by atoms with Gasteiger partial charge in [0.1, 0.15) is 9.71 Å². The van der Waals surface area contributed by atoms with Gasteiger partial charge in [0.2, 0.25) is 0 Å². The summed E-state index contributed by atoms with van der Waals surface area (Å²) in [6, 6.07) is 10.9. The Balaban J connectivity index is 1.95. The summed E-state index contributed by atoms with van der Waals surface area (Å²) in [4.78, 5) is 18.3. The number of nitrogens with zero attached hydrogens (tertiary/aromatic N) is 1. The van der Waals surface area contributed by atoms with Gasteiger partial charge in [0.25, 0.3) is 5.91 Å². The number of fused-ring (bicyclic) bond motifs is 1. The topological polar surface area (TPSA) is 68.0 Å². The Morgan fingerprint density at radius 1 is 1.30 bits per heavy atom. The van der Waals surface area contributed by atoms with Gasteiger partial charge in [-0.3, -0.25) is 4.79 Å². The molecule has 3 rings (SSSR count). The van der Waals surface area contributed by atoms with E-state index in [0.717, 1.165) is 15.9 Å². The highest BCUT2D eigenvalue weighted by atomic mass is 35.5. The molecule has 0 aliphatic carbocycles. The van der Waals surface area contributed by atoms with Crippen molar-refractivity contribution in [2.24, 2.45) is 0 Å². The Morgan fingerprint density at radius 2 is 2.09 bits per heavy atom. The molecule has 2 aromatic heterocycles. The van der Waals surface area contributed by atoms with Gasteiger partial charge in [-0.25, -0.2) is 4.98 Å². The second kappa shape index (κ2) is 6.18. The summed E-state index contributed by atoms with van der Waals surface area (Å²) in [6.45, 7) is 4.16. The molecule has 0 spiro atoms. The third-order valence-corrected chi connectivity index (χ3v) is 4.84. The van der Waals surface area contributed by atoms with Crippen LogP contribution in [0.4, 0.5) is 11.4 Å². The normalized spacial score (nSPS) is 11.1. The van der Waals surface area contributed by atoms with E-state index >= 15 is 0 Å². The van der Waals surface area contributed by atoms with E-state index in [1.807, 2.05) is 12.1 Å². The van der Waals surface area contributed by atoms with Crippen LogP contribution in [0.5, 0.6) is 0 Å². The summed E-state index contributed by atoms with van der Waals surface area (Å²) in [5.74, 6) is 0.0744. The molecule has 0 radical (unpaired) electrons. The molecule has 0 aliphatic heterocycles. The molecule has 3 N–H and O–H groups in total. The lowest BCUT2D eigenvalue weighted by atomic mass is 10.1. The number of nitrogen functional groups attached to an aromatic ring is 1. The van der Waals surface area contributed by atoms with Crippen LogP contribution in [-0.4, -0.2) is 10.9 Å². The minimum Gasteiger partial charge on any atom is -0.397 e. The maximum atomic E-state index is 12.5. The number of halogens is 1. The Hall–Kier alpha value is -2.11. The van der Waals surface area contributed by atoms with E-state index in [0.29, 0.717) is 27.2 Å². The number of anilines is 2. The van der Waals surface area contributed by atoms with Crippen LogP contribution >= 0.6 is 22.9 Å². The quantitative estimate of drug-likeness (QED) is 0.708. The predicted octanol–water partition coefficient (Wildman–Crippen LogP) is 4.91. The first-order chi connectivity index (χ1) is 11.0. The summed E-state index contributed by atoms with van der Waals surface area (Å²) >= 11 is 7.24. The number of nitrogens with two attached hydrogens (primary N) is 1. The highest BCUT2D eigenvalue weighted by molar-refractivity contribution is 7.21. The first-order valence-electron chi connectivity index (χ1n) is 7.21. The van der Waals surface area contributed by atoms with Gasteiger partial charge < -0.3 is 11.1 Å². The third kappa shape index (κ3) is 3.16. The molecule has 0 bridgehead atoms. The van der Waals surface area contributed by atoms with Crippen LogP contribution in [0.15, 0.2) is 36.4 Å². The van der Waals surface area contributed by atoms with E-state index in [9.17, 15) is 4.79 Å². The summed E-state index contributed by atoms with van der Waals surface area (Å²) in [5.41, 5.74) is 8.22. The van der Waals surface area contributed by atoms with E-state index in [1.54, 1.807) is 24.3 Å². The predicted molar refractivity (Wildman–Crippen MR) is 97.5 cm³/mol. The van der Waals surface area contributed by atoms with Gasteiger partial charge >= 0.3 is 0 Å². The summed E-state index contributed by atoms with van der Waals surface area (Å²) in [6.07, 6.45) is 0. The van der Waals surface area contributed by atoms with Crippen molar-refractivity contribution in [2.45, 2.75) is 19.8 Å². The molecule has 0 fully saturated rings. The van der Waals surface area contributed by atoms with Gasteiger partial charge in [-0.15, -0.1) is 11.3 Å². The van der Waals surface area contributed by atoms with Crippen molar-refractivity contribution in [1.82, 2.24) is 4.98 Å². The zero-order valence-corrected chi connectivity index (χ0v) is 14.3. The van der Waals surface area contributed by atoms with Crippen LogP contribution in [0.25, 0.3) is 10.2 Å². The first-order valence-corrected chi connectivity index (χ1v) is 8.41. The van der Waals surface area contributed by atoms with Crippen molar-refractivity contribution < 1.29 is 4.79 Å². The molecule has 118 valence electrons. The molecular weight excluding hydrogens is 330 g/mol. The van der Waals surface area contributed by atoms with Crippen molar-refractivity contribution >= 4 is 50.4 Å². The van der Waals surface area contributed by atoms with Gasteiger partial charge in [-0.2, -0.15) is 0 Å². The summed E-state index contributed by atoms with van der Waals surface area (Å²) in [7, 11) is 0. The number of carbonyl (C=O) groups excluding carboxylic acids is 1. The Labute approximate surface area is 143 Å².